The Morgan fingerprint density at radius 1 is 1.15 bits per heavy atom. The third-order valence-electron chi connectivity index (χ3n) is 3.31. The van der Waals surface area contributed by atoms with Gasteiger partial charge >= 0.3 is 0 Å². The van der Waals surface area contributed by atoms with Crippen molar-refractivity contribution < 1.29 is 4.79 Å². The highest BCUT2D eigenvalue weighted by Crippen LogP contribution is 2.15. The number of anilines is 1. The zero-order valence-electron chi connectivity index (χ0n) is 11.9. The predicted octanol–water partition coefficient (Wildman–Crippen LogP) is 2.86. The van der Waals surface area contributed by atoms with Crippen LogP contribution in [0.5, 0.6) is 0 Å². The topological polar surface area (TPSA) is 55.1 Å². The van der Waals surface area contributed by atoms with Gasteiger partial charge in [-0.1, -0.05) is 42.0 Å². The molecule has 0 bridgehead atoms. The first-order valence-corrected chi connectivity index (χ1v) is 6.77. The van der Waals surface area contributed by atoms with Gasteiger partial charge in [-0.25, -0.2) is 0 Å². The molecule has 0 saturated heterocycles. The SMILES string of the molecule is Cc1cccc(CCNC(=O)c2c(C)cccc2N)c1. The van der Waals surface area contributed by atoms with Gasteiger partial charge in [-0.15, -0.1) is 0 Å². The molecule has 0 fully saturated rings. The molecule has 2 aromatic rings. The van der Waals surface area contributed by atoms with E-state index in [0.29, 0.717) is 17.8 Å². The Morgan fingerprint density at radius 2 is 1.90 bits per heavy atom. The van der Waals surface area contributed by atoms with Crippen molar-refractivity contribution in [3.05, 3.63) is 64.7 Å². The third kappa shape index (κ3) is 3.38. The number of hydrogen-bond donors (Lipinski definition) is 2. The lowest BCUT2D eigenvalue weighted by atomic mass is 10.1. The average molecular weight is 268 g/mol. The zero-order chi connectivity index (χ0) is 14.5. The lowest BCUT2D eigenvalue weighted by Gasteiger charge is -2.10. The Balaban J connectivity index is 1.96. The summed E-state index contributed by atoms with van der Waals surface area (Å²) in [6.45, 7) is 4.57. The van der Waals surface area contributed by atoms with Crippen molar-refractivity contribution >= 4 is 11.6 Å². The molecule has 104 valence electrons. The van der Waals surface area contributed by atoms with E-state index in [-0.39, 0.29) is 5.91 Å². The van der Waals surface area contributed by atoms with Crippen LogP contribution < -0.4 is 11.1 Å². The number of nitrogens with two attached hydrogens (primary N) is 1. The molecule has 0 unspecified atom stereocenters. The first-order chi connectivity index (χ1) is 9.58. The summed E-state index contributed by atoms with van der Waals surface area (Å²) in [5.74, 6) is -0.103. The summed E-state index contributed by atoms with van der Waals surface area (Å²) in [6, 6.07) is 13.8. The molecule has 0 saturated carbocycles. The van der Waals surface area contributed by atoms with E-state index in [1.807, 2.05) is 25.1 Å². The van der Waals surface area contributed by atoms with E-state index in [9.17, 15) is 4.79 Å². The normalized spacial score (nSPS) is 10.3. The molecule has 0 radical (unpaired) electrons. The van der Waals surface area contributed by atoms with Crippen molar-refractivity contribution in [2.24, 2.45) is 0 Å². The van der Waals surface area contributed by atoms with Gasteiger partial charge in [0.25, 0.3) is 5.91 Å². The quantitative estimate of drug-likeness (QED) is 0.838. The monoisotopic (exact) mass is 268 g/mol. The molecule has 0 aliphatic carbocycles. The molecular weight excluding hydrogens is 248 g/mol. The molecule has 20 heavy (non-hydrogen) atoms. The Kier molecular flexibility index (Phi) is 4.41. The molecule has 0 aliphatic rings. The van der Waals surface area contributed by atoms with Crippen molar-refractivity contribution in [1.82, 2.24) is 5.32 Å². The Hall–Kier alpha value is -2.29. The highest BCUT2D eigenvalue weighted by Gasteiger charge is 2.11. The minimum absolute atomic E-state index is 0.103. The molecule has 0 aromatic heterocycles. The molecule has 0 aliphatic heterocycles. The molecule has 3 nitrogen and oxygen atoms in total. The lowest BCUT2D eigenvalue weighted by molar-refractivity contribution is 0.0954. The van der Waals surface area contributed by atoms with Gasteiger partial charge in [-0.3, -0.25) is 4.79 Å². The molecule has 3 heteroatoms. The largest absolute Gasteiger partial charge is 0.398 e. The number of nitrogen functional groups attached to an aromatic ring is 1. The van der Waals surface area contributed by atoms with Crippen LogP contribution in [0.25, 0.3) is 0 Å². The van der Waals surface area contributed by atoms with Crippen molar-refractivity contribution in [3.8, 4) is 0 Å². The second kappa shape index (κ2) is 6.24. The number of nitrogens with one attached hydrogen (secondary N) is 1. The first-order valence-electron chi connectivity index (χ1n) is 6.77. The number of rotatable bonds is 4. The fraction of sp³-hybridized carbons (Fsp3) is 0.235. The third-order valence-corrected chi connectivity index (χ3v) is 3.31. The number of carbonyl (C=O) groups is 1. The number of carbonyl (C=O) groups excluding carboxylic acids is 1. The highest BCUT2D eigenvalue weighted by atomic mass is 16.1. The van der Waals surface area contributed by atoms with E-state index < -0.39 is 0 Å². The van der Waals surface area contributed by atoms with Gasteiger partial charge in [0.2, 0.25) is 0 Å². The van der Waals surface area contributed by atoms with Crippen LogP contribution in [-0.2, 0) is 6.42 Å². The van der Waals surface area contributed by atoms with Crippen LogP contribution in [0, 0.1) is 13.8 Å². The van der Waals surface area contributed by atoms with Crippen LogP contribution in [0.3, 0.4) is 0 Å². The number of aryl methyl sites for hydroxylation is 2. The first kappa shape index (κ1) is 14.1. The van der Waals surface area contributed by atoms with E-state index in [4.69, 9.17) is 5.73 Å². The summed E-state index contributed by atoms with van der Waals surface area (Å²) in [6.07, 6.45) is 0.819. The van der Waals surface area contributed by atoms with Crippen LogP contribution >= 0.6 is 0 Å². The second-order valence-corrected chi connectivity index (χ2v) is 5.03. The fourth-order valence-electron chi connectivity index (χ4n) is 2.28. The van der Waals surface area contributed by atoms with Crippen molar-refractivity contribution in [2.45, 2.75) is 20.3 Å². The maximum Gasteiger partial charge on any atom is 0.253 e. The predicted molar refractivity (Wildman–Crippen MR) is 82.8 cm³/mol. The zero-order valence-corrected chi connectivity index (χ0v) is 11.9. The van der Waals surface area contributed by atoms with Gasteiger partial charge < -0.3 is 11.1 Å². The molecular formula is C17H20N2O. The maximum atomic E-state index is 12.2. The highest BCUT2D eigenvalue weighted by molar-refractivity contribution is 6.00. The Bertz CT molecular complexity index is 600. The summed E-state index contributed by atoms with van der Waals surface area (Å²) in [5.41, 5.74) is 10.3. The lowest BCUT2D eigenvalue weighted by Crippen LogP contribution is -2.27. The van der Waals surface area contributed by atoms with E-state index in [0.717, 1.165) is 12.0 Å². The van der Waals surface area contributed by atoms with Crippen molar-refractivity contribution in [1.29, 1.82) is 0 Å². The van der Waals surface area contributed by atoms with Crippen LogP contribution in [0.2, 0.25) is 0 Å². The molecule has 0 spiro atoms. The molecule has 2 rings (SSSR count). The summed E-state index contributed by atoms with van der Waals surface area (Å²) in [4.78, 5) is 12.2. The number of amides is 1. The van der Waals surface area contributed by atoms with Gasteiger partial charge in [0.1, 0.15) is 0 Å². The van der Waals surface area contributed by atoms with Gasteiger partial charge in [-0.05, 0) is 37.5 Å². The second-order valence-electron chi connectivity index (χ2n) is 5.03. The Morgan fingerprint density at radius 3 is 2.60 bits per heavy atom. The average Bonchev–Trinajstić information content (AvgIpc) is 2.38. The summed E-state index contributed by atoms with van der Waals surface area (Å²) in [7, 11) is 0. The van der Waals surface area contributed by atoms with Crippen molar-refractivity contribution in [3.63, 3.8) is 0 Å². The van der Waals surface area contributed by atoms with E-state index >= 15 is 0 Å². The minimum atomic E-state index is -0.103. The van der Waals surface area contributed by atoms with Gasteiger partial charge in [-0.2, -0.15) is 0 Å². The van der Waals surface area contributed by atoms with Crippen LogP contribution in [-0.4, -0.2) is 12.5 Å². The minimum Gasteiger partial charge on any atom is -0.398 e. The van der Waals surface area contributed by atoms with Crippen LogP contribution in [0.4, 0.5) is 5.69 Å². The summed E-state index contributed by atoms with van der Waals surface area (Å²) < 4.78 is 0. The standard InChI is InChI=1S/C17H20N2O/c1-12-5-3-7-14(11-12)9-10-19-17(20)16-13(2)6-4-8-15(16)18/h3-8,11H,9-10,18H2,1-2H3,(H,19,20). The smallest absolute Gasteiger partial charge is 0.253 e. The maximum absolute atomic E-state index is 12.2. The Labute approximate surface area is 119 Å². The molecule has 2 aromatic carbocycles. The van der Waals surface area contributed by atoms with E-state index in [2.05, 4.69) is 30.4 Å². The molecule has 0 atom stereocenters. The molecule has 3 N–H and O–H groups in total. The summed E-state index contributed by atoms with van der Waals surface area (Å²) >= 11 is 0. The van der Waals surface area contributed by atoms with Crippen molar-refractivity contribution in [2.75, 3.05) is 12.3 Å². The number of hydrogen-bond acceptors (Lipinski definition) is 2. The van der Waals surface area contributed by atoms with E-state index in [1.165, 1.54) is 11.1 Å². The van der Waals surface area contributed by atoms with Crippen LogP contribution in [0.1, 0.15) is 27.0 Å². The molecule has 0 heterocycles. The molecule has 1 amide bonds. The van der Waals surface area contributed by atoms with Gasteiger partial charge in [0.05, 0.1) is 5.56 Å². The number of benzene rings is 2. The van der Waals surface area contributed by atoms with Gasteiger partial charge in [0, 0.05) is 12.2 Å². The van der Waals surface area contributed by atoms with Crippen LogP contribution in [0.15, 0.2) is 42.5 Å². The van der Waals surface area contributed by atoms with Gasteiger partial charge in [0.15, 0.2) is 0 Å². The summed E-state index contributed by atoms with van der Waals surface area (Å²) in [5, 5.41) is 2.93. The fourth-order valence-corrected chi connectivity index (χ4v) is 2.28. The van der Waals surface area contributed by atoms with E-state index in [1.54, 1.807) is 6.07 Å².